The maximum atomic E-state index is 12.5. The van der Waals surface area contributed by atoms with Gasteiger partial charge in [0.25, 0.3) is 0 Å². The van der Waals surface area contributed by atoms with Crippen LogP contribution in [0.5, 0.6) is 0 Å². The minimum atomic E-state index is 0.0913. The van der Waals surface area contributed by atoms with Gasteiger partial charge in [-0.05, 0) is 31.2 Å². The normalized spacial score (nSPS) is 23.0. The molecule has 138 valence electrons. The summed E-state index contributed by atoms with van der Waals surface area (Å²) in [7, 11) is 0. The molecule has 1 aromatic rings. The smallest absolute Gasteiger partial charge is 0.225 e. The molecule has 0 bridgehead atoms. The van der Waals surface area contributed by atoms with Crippen molar-refractivity contribution in [3.05, 3.63) is 42.0 Å². The minimum Gasteiger partial charge on any atom is -0.342 e. The highest BCUT2D eigenvalue weighted by Crippen LogP contribution is 2.41. The van der Waals surface area contributed by atoms with E-state index in [9.17, 15) is 9.59 Å². The molecule has 0 atom stereocenters. The lowest BCUT2D eigenvalue weighted by molar-refractivity contribution is -0.140. The maximum Gasteiger partial charge on any atom is 0.225 e. The van der Waals surface area contributed by atoms with Crippen LogP contribution in [0, 0.1) is 11.3 Å². The lowest BCUT2D eigenvalue weighted by Gasteiger charge is -2.41. The highest BCUT2D eigenvalue weighted by molar-refractivity contribution is 5.81. The molecule has 1 aliphatic carbocycles. The molecule has 1 aromatic carbocycles. The molecule has 4 rings (SSSR count). The molecule has 3 aliphatic rings. The van der Waals surface area contributed by atoms with Gasteiger partial charge in [-0.25, -0.2) is 0 Å². The molecule has 1 saturated carbocycles. The van der Waals surface area contributed by atoms with Crippen LogP contribution in [0.1, 0.15) is 44.1 Å². The van der Waals surface area contributed by atoms with Crippen molar-refractivity contribution < 1.29 is 9.59 Å². The third-order valence-corrected chi connectivity index (χ3v) is 6.43. The Morgan fingerprint density at radius 2 is 1.88 bits per heavy atom. The van der Waals surface area contributed by atoms with E-state index >= 15 is 0 Å². The first-order valence-electron chi connectivity index (χ1n) is 9.93. The molecular formula is C22H28N2O2. The lowest BCUT2D eigenvalue weighted by Crippen LogP contribution is -2.47. The van der Waals surface area contributed by atoms with Gasteiger partial charge in [0, 0.05) is 43.9 Å². The van der Waals surface area contributed by atoms with E-state index < -0.39 is 0 Å². The van der Waals surface area contributed by atoms with E-state index in [0.29, 0.717) is 18.9 Å². The van der Waals surface area contributed by atoms with E-state index in [1.54, 1.807) is 0 Å². The van der Waals surface area contributed by atoms with E-state index in [2.05, 4.69) is 29.2 Å². The number of carbonyl (C=O) groups is 2. The van der Waals surface area contributed by atoms with Gasteiger partial charge < -0.3 is 9.80 Å². The molecule has 26 heavy (non-hydrogen) atoms. The zero-order valence-corrected chi connectivity index (χ0v) is 15.4. The number of benzene rings is 1. The summed E-state index contributed by atoms with van der Waals surface area (Å²) in [4.78, 5) is 29.0. The Hall–Kier alpha value is -2.10. The monoisotopic (exact) mass is 352 g/mol. The van der Waals surface area contributed by atoms with Crippen LogP contribution < -0.4 is 0 Å². The number of amides is 2. The van der Waals surface area contributed by atoms with Gasteiger partial charge in [0.15, 0.2) is 0 Å². The van der Waals surface area contributed by atoms with E-state index in [-0.39, 0.29) is 17.2 Å². The van der Waals surface area contributed by atoms with Crippen molar-refractivity contribution in [2.24, 2.45) is 11.3 Å². The van der Waals surface area contributed by atoms with Gasteiger partial charge in [0.1, 0.15) is 0 Å². The zero-order chi connectivity index (χ0) is 18.0. The van der Waals surface area contributed by atoms with Gasteiger partial charge in [-0.3, -0.25) is 9.59 Å². The highest BCUT2D eigenvalue weighted by Gasteiger charge is 2.45. The minimum absolute atomic E-state index is 0.0913. The SMILES string of the molecule is O=C1CC2(CCN(C(=O)C3CCC3)CC2)CN1C/C=C/c1ccccc1. The molecule has 2 amide bonds. The summed E-state index contributed by atoms with van der Waals surface area (Å²) in [6.07, 6.45) is 10.1. The summed E-state index contributed by atoms with van der Waals surface area (Å²) in [5, 5.41) is 0. The molecule has 3 fully saturated rings. The van der Waals surface area contributed by atoms with Crippen LogP contribution in [0.3, 0.4) is 0 Å². The first-order valence-corrected chi connectivity index (χ1v) is 9.93. The van der Waals surface area contributed by atoms with Crippen LogP contribution in [0.25, 0.3) is 6.08 Å². The van der Waals surface area contributed by atoms with E-state index in [1.807, 2.05) is 23.1 Å². The molecule has 4 heteroatoms. The second kappa shape index (κ2) is 7.26. The predicted molar refractivity (Wildman–Crippen MR) is 102 cm³/mol. The van der Waals surface area contributed by atoms with Crippen molar-refractivity contribution in [2.75, 3.05) is 26.2 Å². The fraction of sp³-hybridized carbons (Fsp3) is 0.545. The third kappa shape index (κ3) is 3.55. The summed E-state index contributed by atoms with van der Waals surface area (Å²) in [5.41, 5.74) is 1.25. The molecule has 2 aliphatic heterocycles. The standard InChI is InChI=1S/C22H28N2O2/c25-20-16-22(11-14-23(15-12-22)21(26)19-9-4-10-19)17-24(20)13-5-8-18-6-2-1-3-7-18/h1-3,5-8,19H,4,9-17H2/b8-5+. The topological polar surface area (TPSA) is 40.6 Å². The van der Waals surface area contributed by atoms with Crippen LogP contribution in [-0.4, -0.2) is 47.8 Å². The average Bonchev–Trinajstić information content (AvgIpc) is 2.90. The summed E-state index contributed by atoms with van der Waals surface area (Å²) >= 11 is 0. The molecule has 2 saturated heterocycles. The molecule has 2 heterocycles. The van der Waals surface area contributed by atoms with Crippen LogP contribution in [0.2, 0.25) is 0 Å². The van der Waals surface area contributed by atoms with Crippen molar-refractivity contribution in [3.8, 4) is 0 Å². The lowest BCUT2D eigenvalue weighted by atomic mass is 9.76. The number of hydrogen-bond donors (Lipinski definition) is 0. The van der Waals surface area contributed by atoms with Crippen molar-refractivity contribution in [1.29, 1.82) is 0 Å². The van der Waals surface area contributed by atoms with Crippen molar-refractivity contribution >= 4 is 17.9 Å². The number of nitrogens with zero attached hydrogens (tertiary/aromatic N) is 2. The van der Waals surface area contributed by atoms with Crippen LogP contribution in [0.15, 0.2) is 36.4 Å². The van der Waals surface area contributed by atoms with Crippen LogP contribution >= 0.6 is 0 Å². The quantitative estimate of drug-likeness (QED) is 0.834. The summed E-state index contributed by atoms with van der Waals surface area (Å²) in [5.74, 6) is 0.911. The van der Waals surface area contributed by atoms with E-state index in [0.717, 1.165) is 50.9 Å². The fourth-order valence-corrected chi connectivity index (χ4v) is 4.48. The Kier molecular flexibility index (Phi) is 4.84. The maximum absolute atomic E-state index is 12.5. The number of carbonyl (C=O) groups excluding carboxylic acids is 2. The Morgan fingerprint density at radius 3 is 2.54 bits per heavy atom. The van der Waals surface area contributed by atoms with Crippen molar-refractivity contribution in [2.45, 2.75) is 38.5 Å². The fourth-order valence-electron chi connectivity index (χ4n) is 4.48. The van der Waals surface area contributed by atoms with Gasteiger partial charge >= 0.3 is 0 Å². The second-order valence-electron chi connectivity index (χ2n) is 8.22. The van der Waals surface area contributed by atoms with E-state index in [1.165, 1.54) is 6.42 Å². The van der Waals surface area contributed by atoms with Gasteiger partial charge in [-0.1, -0.05) is 48.9 Å². The van der Waals surface area contributed by atoms with E-state index in [4.69, 9.17) is 0 Å². The Balaban J connectivity index is 1.30. The van der Waals surface area contributed by atoms with Gasteiger partial charge in [-0.15, -0.1) is 0 Å². The molecular weight excluding hydrogens is 324 g/mol. The van der Waals surface area contributed by atoms with Crippen LogP contribution in [-0.2, 0) is 9.59 Å². The molecule has 0 aromatic heterocycles. The Morgan fingerprint density at radius 1 is 1.15 bits per heavy atom. The molecule has 1 spiro atoms. The molecule has 0 unspecified atom stereocenters. The Labute approximate surface area is 155 Å². The number of piperidine rings is 1. The number of likely N-dealkylation sites (tertiary alicyclic amines) is 2. The van der Waals surface area contributed by atoms with Crippen LogP contribution in [0.4, 0.5) is 0 Å². The average molecular weight is 352 g/mol. The zero-order valence-electron chi connectivity index (χ0n) is 15.4. The number of hydrogen-bond acceptors (Lipinski definition) is 2. The largest absolute Gasteiger partial charge is 0.342 e. The van der Waals surface area contributed by atoms with Crippen molar-refractivity contribution in [1.82, 2.24) is 9.80 Å². The first-order chi connectivity index (χ1) is 12.7. The van der Waals surface area contributed by atoms with Gasteiger partial charge in [-0.2, -0.15) is 0 Å². The molecule has 0 N–H and O–H groups in total. The predicted octanol–water partition coefficient (Wildman–Crippen LogP) is 3.34. The first kappa shape index (κ1) is 17.3. The van der Waals surface area contributed by atoms with Gasteiger partial charge in [0.05, 0.1) is 0 Å². The molecule has 0 radical (unpaired) electrons. The van der Waals surface area contributed by atoms with Gasteiger partial charge in [0.2, 0.25) is 11.8 Å². The third-order valence-electron chi connectivity index (χ3n) is 6.43. The second-order valence-corrected chi connectivity index (χ2v) is 8.22. The van der Waals surface area contributed by atoms with Crippen molar-refractivity contribution in [3.63, 3.8) is 0 Å². The summed E-state index contributed by atoms with van der Waals surface area (Å²) in [6.45, 7) is 3.18. The summed E-state index contributed by atoms with van der Waals surface area (Å²) in [6, 6.07) is 10.2. The Bertz CT molecular complexity index is 685. The molecule has 4 nitrogen and oxygen atoms in total. The summed E-state index contributed by atoms with van der Waals surface area (Å²) < 4.78 is 0. The number of rotatable bonds is 4. The highest BCUT2D eigenvalue weighted by atomic mass is 16.2.